The summed E-state index contributed by atoms with van der Waals surface area (Å²) < 4.78 is 44.9. The van der Waals surface area contributed by atoms with Gasteiger partial charge in [0, 0.05) is 0 Å². The van der Waals surface area contributed by atoms with Gasteiger partial charge in [-0.2, -0.15) is 0 Å². The molecule has 0 amide bonds. The van der Waals surface area contributed by atoms with Gasteiger partial charge in [-0.25, -0.2) is 22.0 Å². The number of sulfone groups is 1. The van der Waals surface area contributed by atoms with E-state index >= 15 is 0 Å². The van der Waals surface area contributed by atoms with Crippen molar-refractivity contribution in [2.24, 2.45) is 5.14 Å². The monoisotopic (exact) mass is 271 g/mol. The first kappa shape index (κ1) is 15.9. The maximum Gasteiger partial charge on any atom is 0.209 e. The predicted molar refractivity (Wildman–Crippen MR) is 65.4 cm³/mol. The Labute approximate surface area is 98.4 Å². The molecule has 0 aliphatic heterocycles. The van der Waals surface area contributed by atoms with Gasteiger partial charge in [0.15, 0.2) is 9.84 Å². The van der Waals surface area contributed by atoms with Crippen molar-refractivity contribution in [2.75, 3.05) is 11.5 Å². The number of rotatable bonds is 8. The molecule has 0 saturated heterocycles. The molecule has 0 aliphatic rings. The van der Waals surface area contributed by atoms with Crippen LogP contribution in [0.1, 0.15) is 39.5 Å². The summed E-state index contributed by atoms with van der Waals surface area (Å²) in [6.45, 7) is 3.76. The predicted octanol–water partition coefficient (Wildman–Crippen LogP) is 0.659. The minimum absolute atomic E-state index is 0.0847. The molecule has 0 saturated carbocycles. The standard InChI is InChI=1S/C9H21NO4S2/c1-3-6-9(4-2)15(11,12)7-5-8-16(10,13)14/h9H,3-8H2,1-2H3,(H2,10,13,14). The van der Waals surface area contributed by atoms with E-state index in [0.717, 1.165) is 6.42 Å². The summed E-state index contributed by atoms with van der Waals surface area (Å²) in [5.41, 5.74) is 0. The molecular formula is C9H21NO4S2. The maximum atomic E-state index is 11.8. The third-order valence-corrected chi connectivity index (χ3v) is 5.73. The fourth-order valence-corrected chi connectivity index (χ4v) is 4.30. The van der Waals surface area contributed by atoms with Crippen LogP contribution in [0.25, 0.3) is 0 Å². The summed E-state index contributed by atoms with van der Waals surface area (Å²) in [6, 6.07) is 0. The second-order valence-corrected chi connectivity index (χ2v) is 8.04. The van der Waals surface area contributed by atoms with Gasteiger partial charge in [-0.1, -0.05) is 20.3 Å². The molecule has 7 heteroatoms. The first-order valence-electron chi connectivity index (χ1n) is 5.45. The molecule has 2 N–H and O–H groups in total. The van der Waals surface area contributed by atoms with Crippen molar-refractivity contribution in [1.82, 2.24) is 0 Å². The van der Waals surface area contributed by atoms with Gasteiger partial charge in [-0.05, 0) is 19.3 Å². The summed E-state index contributed by atoms with van der Waals surface area (Å²) in [5.74, 6) is -0.364. The number of nitrogens with two attached hydrogens (primary N) is 1. The van der Waals surface area contributed by atoms with Crippen LogP contribution in [0, 0.1) is 0 Å². The molecular weight excluding hydrogens is 250 g/mol. The summed E-state index contributed by atoms with van der Waals surface area (Å²) >= 11 is 0. The SMILES string of the molecule is CCCC(CC)S(=O)(=O)CCCS(N)(=O)=O. The zero-order valence-electron chi connectivity index (χ0n) is 9.85. The largest absolute Gasteiger partial charge is 0.229 e. The van der Waals surface area contributed by atoms with Crippen LogP contribution in [0.3, 0.4) is 0 Å². The van der Waals surface area contributed by atoms with Crippen molar-refractivity contribution in [3.63, 3.8) is 0 Å². The minimum Gasteiger partial charge on any atom is -0.229 e. The van der Waals surface area contributed by atoms with E-state index in [4.69, 9.17) is 5.14 Å². The summed E-state index contributed by atoms with van der Waals surface area (Å²) in [5, 5.41) is 4.46. The first-order valence-corrected chi connectivity index (χ1v) is 8.88. The first-order chi connectivity index (χ1) is 7.23. The molecule has 0 radical (unpaired) electrons. The van der Waals surface area contributed by atoms with E-state index in [-0.39, 0.29) is 23.2 Å². The van der Waals surface area contributed by atoms with E-state index in [2.05, 4.69) is 0 Å². The van der Waals surface area contributed by atoms with Gasteiger partial charge < -0.3 is 0 Å². The highest BCUT2D eigenvalue weighted by atomic mass is 32.2. The van der Waals surface area contributed by atoms with Gasteiger partial charge >= 0.3 is 0 Å². The van der Waals surface area contributed by atoms with Crippen LogP contribution in [0.4, 0.5) is 0 Å². The lowest BCUT2D eigenvalue weighted by Crippen LogP contribution is -2.26. The second kappa shape index (κ2) is 6.56. The lowest BCUT2D eigenvalue weighted by atomic mass is 10.2. The van der Waals surface area contributed by atoms with Crippen molar-refractivity contribution < 1.29 is 16.8 Å². The highest BCUT2D eigenvalue weighted by Crippen LogP contribution is 2.14. The Morgan fingerprint density at radius 1 is 1.06 bits per heavy atom. The Hall–Kier alpha value is -0.140. The molecule has 0 spiro atoms. The van der Waals surface area contributed by atoms with Crippen LogP contribution in [0.15, 0.2) is 0 Å². The van der Waals surface area contributed by atoms with Crippen molar-refractivity contribution in [2.45, 2.75) is 44.8 Å². The van der Waals surface area contributed by atoms with Gasteiger partial charge in [0.1, 0.15) is 0 Å². The van der Waals surface area contributed by atoms with Crippen LogP contribution in [0.2, 0.25) is 0 Å². The minimum atomic E-state index is -3.56. The van der Waals surface area contributed by atoms with Crippen molar-refractivity contribution in [3.8, 4) is 0 Å². The van der Waals surface area contributed by atoms with Gasteiger partial charge in [-0.3, -0.25) is 0 Å². The second-order valence-electron chi connectivity index (χ2n) is 3.91. The van der Waals surface area contributed by atoms with Crippen LogP contribution in [0.5, 0.6) is 0 Å². The zero-order valence-corrected chi connectivity index (χ0v) is 11.5. The molecule has 1 atom stereocenters. The third kappa shape index (κ3) is 6.44. The van der Waals surface area contributed by atoms with Crippen molar-refractivity contribution in [3.05, 3.63) is 0 Å². The molecule has 0 aromatic carbocycles. The summed E-state index contributed by atoms with van der Waals surface area (Å²) in [7, 11) is -6.73. The molecule has 0 aromatic rings. The van der Waals surface area contributed by atoms with Crippen molar-refractivity contribution in [1.29, 1.82) is 0 Å². The average Bonchev–Trinajstić information content (AvgIpc) is 2.11. The number of hydrogen-bond acceptors (Lipinski definition) is 4. The molecule has 0 bridgehead atoms. The fourth-order valence-electron chi connectivity index (χ4n) is 1.59. The molecule has 0 aliphatic carbocycles. The highest BCUT2D eigenvalue weighted by Gasteiger charge is 2.22. The third-order valence-electron chi connectivity index (χ3n) is 2.43. The van der Waals surface area contributed by atoms with Gasteiger partial charge in [-0.15, -0.1) is 0 Å². The Bertz CT molecular complexity index is 386. The lowest BCUT2D eigenvalue weighted by Gasteiger charge is -2.14. The summed E-state index contributed by atoms with van der Waals surface area (Å²) in [6.07, 6.45) is 2.11. The number of sulfonamides is 1. The van der Waals surface area contributed by atoms with Crippen LogP contribution < -0.4 is 5.14 Å². The molecule has 0 aromatic heterocycles. The Morgan fingerprint density at radius 2 is 1.62 bits per heavy atom. The Balaban J connectivity index is 4.34. The Morgan fingerprint density at radius 3 is 2.00 bits per heavy atom. The molecule has 1 unspecified atom stereocenters. The molecule has 0 fully saturated rings. The van der Waals surface area contributed by atoms with E-state index in [1.165, 1.54) is 0 Å². The molecule has 16 heavy (non-hydrogen) atoms. The molecule has 98 valence electrons. The molecule has 5 nitrogen and oxygen atoms in total. The van der Waals surface area contributed by atoms with E-state index in [0.29, 0.717) is 12.8 Å². The number of primary sulfonamides is 1. The fraction of sp³-hybridized carbons (Fsp3) is 1.00. The van der Waals surface area contributed by atoms with Gasteiger partial charge in [0.2, 0.25) is 10.0 Å². The van der Waals surface area contributed by atoms with Crippen LogP contribution >= 0.6 is 0 Å². The maximum absolute atomic E-state index is 11.8. The lowest BCUT2D eigenvalue weighted by molar-refractivity contribution is 0.562. The Kier molecular flexibility index (Phi) is 6.50. The number of hydrogen-bond donors (Lipinski definition) is 1. The average molecular weight is 271 g/mol. The normalized spacial score (nSPS) is 14.9. The smallest absolute Gasteiger partial charge is 0.209 e. The quantitative estimate of drug-likeness (QED) is 0.701. The zero-order chi connectivity index (χ0) is 12.8. The van der Waals surface area contributed by atoms with E-state index < -0.39 is 19.9 Å². The van der Waals surface area contributed by atoms with Crippen molar-refractivity contribution >= 4 is 19.9 Å². The van der Waals surface area contributed by atoms with Crippen LogP contribution in [-0.4, -0.2) is 33.6 Å². The van der Waals surface area contributed by atoms with Gasteiger partial charge in [0.05, 0.1) is 16.8 Å². The van der Waals surface area contributed by atoms with E-state index in [1.54, 1.807) is 0 Å². The highest BCUT2D eigenvalue weighted by molar-refractivity contribution is 7.92. The van der Waals surface area contributed by atoms with Gasteiger partial charge in [0.25, 0.3) is 0 Å². The topological polar surface area (TPSA) is 94.3 Å². The van der Waals surface area contributed by atoms with E-state index in [1.807, 2.05) is 13.8 Å². The summed E-state index contributed by atoms with van der Waals surface area (Å²) in [4.78, 5) is 0. The van der Waals surface area contributed by atoms with E-state index in [9.17, 15) is 16.8 Å². The molecule has 0 heterocycles. The molecule has 0 rings (SSSR count). The van der Waals surface area contributed by atoms with Crippen LogP contribution in [-0.2, 0) is 19.9 Å².